The van der Waals surface area contributed by atoms with Crippen LogP contribution in [0.15, 0.2) is 64.5 Å². The highest BCUT2D eigenvalue weighted by atomic mass is 32.2. The zero-order valence-corrected chi connectivity index (χ0v) is 17.3. The van der Waals surface area contributed by atoms with Gasteiger partial charge in [0, 0.05) is 6.04 Å². The Morgan fingerprint density at radius 3 is 2.63 bits per heavy atom. The van der Waals surface area contributed by atoms with Crippen LogP contribution in [-0.2, 0) is 11.3 Å². The van der Waals surface area contributed by atoms with E-state index in [0.717, 1.165) is 23.9 Å². The summed E-state index contributed by atoms with van der Waals surface area (Å²) in [4.78, 5) is 25.7. The lowest BCUT2D eigenvalue weighted by Crippen LogP contribution is -2.32. The molecule has 0 saturated heterocycles. The van der Waals surface area contributed by atoms with Gasteiger partial charge in [-0.05, 0) is 37.5 Å². The average Bonchev–Trinajstić information content (AvgIpc) is 3.49. The molecule has 1 amide bonds. The van der Waals surface area contributed by atoms with Gasteiger partial charge in [-0.15, -0.1) is 10.2 Å². The second-order valence-corrected chi connectivity index (χ2v) is 8.86. The van der Waals surface area contributed by atoms with Crippen molar-refractivity contribution >= 4 is 34.3 Å². The fourth-order valence-corrected chi connectivity index (χ4v) is 4.34. The van der Waals surface area contributed by atoms with Crippen molar-refractivity contribution in [3.05, 3.63) is 70.5 Å². The van der Waals surface area contributed by atoms with Gasteiger partial charge in [-0.25, -0.2) is 0 Å². The van der Waals surface area contributed by atoms with Gasteiger partial charge in [-0.1, -0.05) is 54.2 Å². The first-order valence-electron chi connectivity index (χ1n) is 9.99. The molecule has 152 valence electrons. The molecule has 1 saturated carbocycles. The molecule has 2 aromatic carbocycles. The maximum atomic E-state index is 13.2. The summed E-state index contributed by atoms with van der Waals surface area (Å²) in [6, 6.07) is 17.6. The normalized spacial score (nSPS) is 14.8. The van der Waals surface area contributed by atoms with Gasteiger partial charge in [0.1, 0.15) is 0 Å². The molecule has 2 aromatic heterocycles. The van der Waals surface area contributed by atoms with E-state index in [0.29, 0.717) is 28.9 Å². The van der Waals surface area contributed by atoms with E-state index in [-0.39, 0.29) is 16.7 Å². The van der Waals surface area contributed by atoms with Gasteiger partial charge in [0.05, 0.1) is 22.7 Å². The Morgan fingerprint density at radius 1 is 1.13 bits per heavy atom. The third kappa shape index (κ3) is 3.47. The van der Waals surface area contributed by atoms with Gasteiger partial charge in [0.15, 0.2) is 5.16 Å². The van der Waals surface area contributed by atoms with E-state index in [9.17, 15) is 9.59 Å². The number of benzene rings is 2. The first-order valence-corrected chi connectivity index (χ1v) is 10.9. The number of nitrogens with one attached hydrogen (secondary N) is 1. The van der Waals surface area contributed by atoms with Crippen LogP contribution in [0.5, 0.6) is 0 Å². The van der Waals surface area contributed by atoms with Crippen molar-refractivity contribution in [2.24, 2.45) is 0 Å². The number of para-hydroxylation sites is 1. The minimum absolute atomic E-state index is 0.00108. The molecule has 2 heterocycles. The summed E-state index contributed by atoms with van der Waals surface area (Å²) in [5, 5.41) is 12.6. The summed E-state index contributed by atoms with van der Waals surface area (Å²) in [5.74, 6) is 0.473. The Morgan fingerprint density at radius 2 is 1.87 bits per heavy atom. The van der Waals surface area contributed by atoms with Gasteiger partial charge in [0.25, 0.3) is 5.56 Å². The number of hydrogen-bond acceptors (Lipinski definition) is 5. The molecule has 1 N–H and O–H groups in total. The van der Waals surface area contributed by atoms with Crippen molar-refractivity contribution in [2.75, 3.05) is 0 Å². The predicted octanol–water partition coefficient (Wildman–Crippen LogP) is 2.85. The van der Waals surface area contributed by atoms with E-state index in [4.69, 9.17) is 0 Å². The van der Waals surface area contributed by atoms with E-state index in [1.807, 2.05) is 65.9 Å². The fraction of sp³-hybridized carbons (Fsp3) is 0.273. The molecule has 7 nitrogen and oxygen atoms in total. The van der Waals surface area contributed by atoms with Crippen molar-refractivity contribution < 1.29 is 4.79 Å². The van der Waals surface area contributed by atoms with Crippen LogP contribution < -0.4 is 10.9 Å². The molecule has 0 radical (unpaired) electrons. The molecule has 8 heteroatoms. The highest BCUT2D eigenvalue weighted by Crippen LogP contribution is 2.26. The van der Waals surface area contributed by atoms with Gasteiger partial charge < -0.3 is 5.32 Å². The molecule has 4 aromatic rings. The first kappa shape index (κ1) is 18.9. The van der Waals surface area contributed by atoms with Crippen molar-refractivity contribution in [2.45, 2.75) is 42.8 Å². The number of carbonyl (C=O) groups excluding carboxylic acids is 1. The minimum Gasteiger partial charge on any atom is -0.352 e. The molecule has 1 fully saturated rings. The lowest BCUT2D eigenvalue weighted by molar-refractivity contribution is -0.120. The number of fused-ring (bicyclic) bond motifs is 3. The Hall–Kier alpha value is -3.13. The third-order valence-electron chi connectivity index (χ3n) is 5.24. The molecule has 1 aliphatic rings. The van der Waals surface area contributed by atoms with Gasteiger partial charge in [0.2, 0.25) is 11.7 Å². The second-order valence-electron chi connectivity index (χ2n) is 7.55. The summed E-state index contributed by atoms with van der Waals surface area (Å²) in [5.41, 5.74) is 1.64. The molecule has 1 atom stereocenters. The number of rotatable bonds is 6. The number of carbonyl (C=O) groups is 1. The van der Waals surface area contributed by atoms with Crippen LogP contribution in [0.4, 0.5) is 0 Å². The fourth-order valence-electron chi connectivity index (χ4n) is 3.48. The van der Waals surface area contributed by atoms with Crippen molar-refractivity contribution in [1.29, 1.82) is 0 Å². The molecule has 0 bridgehead atoms. The number of amides is 1. The summed E-state index contributed by atoms with van der Waals surface area (Å²) in [7, 11) is 0. The molecule has 0 unspecified atom stereocenters. The summed E-state index contributed by atoms with van der Waals surface area (Å²) >= 11 is 1.36. The highest BCUT2D eigenvalue weighted by Gasteiger charge is 2.27. The van der Waals surface area contributed by atoms with Crippen LogP contribution in [0.2, 0.25) is 0 Å². The van der Waals surface area contributed by atoms with Crippen molar-refractivity contribution in [3.63, 3.8) is 0 Å². The zero-order valence-electron chi connectivity index (χ0n) is 16.5. The Labute approximate surface area is 177 Å². The standard InChI is InChI=1S/C22H21N5O2S/c1-14(19(28)23-16-11-12-16)30-22-25-24-21-26(13-15-7-3-2-4-8-15)20(29)17-9-5-6-10-18(17)27(21)22/h2-10,14,16H,11-13H2,1H3,(H,23,28)/t14-/m0/s1. The van der Waals surface area contributed by atoms with E-state index in [2.05, 4.69) is 15.5 Å². The topological polar surface area (TPSA) is 81.3 Å². The molecular formula is C22H21N5O2S. The second kappa shape index (κ2) is 7.60. The number of hydrogen-bond donors (Lipinski definition) is 1. The van der Waals surface area contributed by atoms with E-state index in [1.54, 1.807) is 4.57 Å². The third-order valence-corrected chi connectivity index (χ3v) is 6.28. The van der Waals surface area contributed by atoms with E-state index in [1.165, 1.54) is 11.8 Å². The van der Waals surface area contributed by atoms with Crippen LogP contribution in [0.3, 0.4) is 0 Å². The van der Waals surface area contributed by atoms with Gasteiger partial charge >= 0.3 is 0 Å². The monoisotopic (exact) mass is 419 g/mol. The van der Waals surface area contributed by atoms with Crippen LogP contribution >= 0.6 is 11.8 Å². The lowest BCUT2D eigenvalue weighted by atomic mass is 10.2. The van der Waals surface area contributed by atoms with Crippen LogP contribution in [0.25, 0.3) is 16.7 Å². The molecule has 0 spiro atoms. The van der Waals surface area contributed by atoms with Crippen molar-refractivity contribution in [1.82, 2.24) is 24.5 Å². The Kier molecular flexibility index (Phi) is 4.78. The minimum atomic E-state index is -0.314. The smallest absolute Gasteiger partial charge is 0.263 e. The van der Waals surface area contributed by atoms with Crippen LogP contribution in [0, 0.1) is 0 Å². The summed E-state index contributed by atoms with van der Waals surface area (Å²) < 4.78 is 3.52. The van der Waals surface area contributed by atoms with Crippen LogP contribution in [0.1, 0.15) is 25.3 Å². The zero-order chi connectivity index (χ0) is 20.7. The number of aromatic nitrogens is 4. The van der Waals surface area contributed by atoms with Crippen molar-refractivity contribution in [3.8, 4) is 0 Å². The Balaban J connectivity index is 1.61. The molecule has 1 aliphatic carbocycles. The van der Waals surface area contributed by atoms with E-state index < -0.39 is 0 Å². The molecule has 0 aliphatic heterocycles. The first-order chi connectivity index (χ1) is 14.6. The maximum Gasteiger partial charge on any atom is 0.263 e. The molecule has 5 rings (SSSR count). The quantitative estimate of drug-likeness (QED) is 0.486. The average molecular weight is 420 g/mol. The molecule has 30 heavy (non-hydrogen) atoms. The predicted molar refractivity (Wildman–Crippen MR) is 117 cm³/mol. The molecular weight excluding hydrogens is 398 g/mol. The largest absolute Gasteiger partial charge is 0.352 e. The lowest BCUT2D eigenvalue weighted by Gasteiger charge is -2.13. The van der Waals surface area contributed by atoms with Crippen LogP contribution in [-0.4, -0.2) is 36.4 Å². The van der Waals surface area contributed by atoms with E-state index >= 15 is 0 Å². The highest BCUT2D eigenvalue weighted by molar-refractivity contribution is 8.00. The summed E-state index contributed by atoms with van der Waals surface area (Å²) in [6.07, 6.45) is 2.10. The number of thioether (sulfide) groups is 1. The Bertz CT molecular complexity index is 1290. The van der Waals surface area contributed by atoms with Gasteiger partial charge in [-0.2, -0.15) is 0 Å². The summed E-state index contributed by atoms with van der Waals surface area (Å²) in [6.45, 7) is 2.26. The maximum absolute atomic E-state index is 13.2. The van der Waals surface area contributed by atoms with Gasteiger partial charge in [-0.3, -0.25) is 18.6 Å². The SMILES string of the molecule is C[C@H](Sc1nnc2n(Cc3ccccc3)c(=O)c3ccccc3n12)C(=O)NC1CC1. The number of nitrogens with zero attached hydrogens (tertiary/aromatic N) is 4.